The van der Waals surface area contributed by atoms with E-state index in [0.29, 0.717) is 47.4 Å². The first-order valence-electron chi connectivity index (χ1n) is 18.0. The minimum absolute atomic E-state index is 0.0188. The Kier molecular flexibility index (Phi) is 12.3. The van der Waals surface area contributed by atoms with Crippen LogP contribution in [0.5, 0.6) is 28.7 Å². The number of piperidine rings is 1. The molecule has 1 saturated heterocycles. The van der Waals surface area contributed by atoms with E-state index in [1.165, 1.54) is 6.07 Å². The number of fused-ring (bicyclic) bond motifs is 1. The summed E-state index contributed by atoms with van der Waals surface area (Å²) >= 11 is 0. The van der Waals surface area contributed by atoms with Crippen molar-refractivity contribution in [2.75, 3.05) is 33.8 Å². The number of carbonyl (C=O) groups excluding carboxylic acids is 5. The minimum atomic E-state index is -1.09. The fraction of sp³-hybridized carbons (Fsp3) is 0.325. The molecule has 0 saturated carbocycles. The standard InChI is InChI=1S/C40H42N6O10/c1-52-30-16-14-24(12-13-25-20-32(53-2)37(55-4)33(21-25)54-3)19-31(30)56-23-26-22-45(44-43-26)18-7-5-6-11-34(47)41-28-10-8-9-27-36(28)40(51)46(39(27)50)29-15-17-35(48)42-38(29)49/h8-10,12-14,16,19-22,29H,5-7,11,15,17-18,23H2,1-4H3,(H,41,47)(H,42,48,49)/b13-12-. The van der Waals surface area contributed by atoms with Gasteiger partial charge in [0.25, 0.3) is 11.8 Å². The molecule has 292 valence electrons. The number of methoxy groups -OCH3 is 4. The highest BCUT2D eigenvalue weighted by Gasteiger charge is 2.45. The molecule has 16 heteroatoms. The van der Waals surface area contributed by atoms with Gasteiger partial charge in [0.05, 0.1) is 51.5 Å². The van der Waals surface area contributed by atoms with Gasteiger partial charge in [-0.05, 0) is 66.8 Å². The van der Waals surface area contributed by atoms with Gasteiger partial charge in [0.1, 0.15) is 18.3 Å². The number of rotatable bonds is 17. The molecule has 16 nitrogen and oxygen atoms in total. The number of amides is 5. The largest absolute Gasteiger partial charge is 0.493 e. The SMILES string of the molecule is COc1ccc(/C=C\c2cc(OC)c(OC)c(OC)c2)cc1OCc1cn(CCCCCC(=O)Nc2cccc3c2C(=O)N(C2CCC(=O)NC2=O)C3=O)nn1. The van der Waals surface area contributed by atoms with Crippen LogP contribution in [-0.2, 0) is 27.5 Å². The van der Waals surface area contributed by atoms with Crippen LogP contribution in [0.1, 0.15) is 76.1 Å². The highest BCUT2D eigenvalue weighted by Crippen LogP contribution is 2.39. The number of hydrogen-bond donors (Lipinski definition) is 2. The zero-order chi connectivity index (χ0) is 39.8. The maximum absolute atomic E-state index is 13.3. The zero-order valence-corrected chi connectivity index (χ0v) is 31.5. The van der Waals surface area contributed by atoms with E-state index in [-0.39, 0.29) is 48.6 Å². The molecule has 0 spiro atoms. The van der Waals surface area contributed by atoms with Gasteiger partial charge in [-0.2, -0.15) is 0 Å². The molecule has 3 heterocycles. The maximum Gasteiger partial charge on any atom is 0.264 e. The quantitative estimate of drug-likeness (QED) is 0.0861. The summed E-state index contributed by atoms with van der Waals surface area (Å²) in [5, 5.41) is 13.4. The van der Waals surface area contributed by atoms with Crippen LogP contribution in [0.15, 0.2) is 54.7 Å². The van der Waals surface area contributed by atoms with Crippen LogP contribution in [-0.4, -0.2) is 83.9 Å². The van der Waals surface area contributed by atoms with Gasteiger partial charge in [-0.15, -0.1) is 5.10 Å². The average Bonchev–Trinajstić information content (AvgIpc) is 3.76. The number of anilines is 1. The normalized spacial score (nSPS) is 15.1. The van der Waals surface area contributed by atoms with Crippen molar-refractivity contribution in [1.82, 2.24) is 25.2 Å². The lowest BCUT2D eigenvalue weighted by molar-refractivity contribution is -0.136. The molecule has 1 aromatic heterocycles. The molecule has 0 bridgehead atoms. The van der Waals surface area contributed by atoms with E-state index >= 15 is 0 Å². The molecule has 1 atom stereocenters. The summed E-state index contributed by atoms with van der Waals surface area (Å²) in [6.45, 7) is 0.747. The van der Waals surface area contributed by atoms with Gasteiger partial charge in [-0.1, -0.05) is 35.9 Å². The summed E-state index contributed by atoms with van der Waals surface area (Å²) < 4.78 is 29.6. The Morgan fingerprint density at radius 2 is 1.59 bits per heavy atom. The van der Waals surface area contributed by atoms with Crippen molar-refractivity contribution in [1.29, 1.82) is 0 Å². The number of unbranched alkanes of at least 4 members (excludes halogenated alkanes) is 2. The summed E-state index contributed by atoms with van der Waals surface area (Å²) in [6.07, 6.45) is 7.95. The first-order valence-corrected chi connectivity index (χ1v) is 18.0. The first kappa shape index (κ1) is 39.0. The molecule has 2 aliphatic rings. The summed E-state index contributed by atoms with van der Waals surface area (Å²) in [7, 11) is 6.27. The van der Waals surface area contributed by atoms with Gasteiger partial charge < -0.3 is 29.0 Å². The molecule has 2 N–H and O–H groups in total. The molecule has 4 aromatic rings. The molecule has 5 amide bonds. The zero-order valence-electron chi connectivity index (χ0n) is 31.5. The second kappa shape index (κ2) is 17.6. The summed E-state index contributed by atoms with van der Waals surface area (Å²) in [5.41, 5.74) is 2.70. The van der Waals surface area contributed by atoms with Crippen LogP contribution in [0.2, 0.25) is 0 Å². The molecule has 0 aliphatic carbocycles. The number of aryl methyl sites for hydroxylation is 1. The predicted octanol–water partition coefficient (Wildman–Crippen LogP) is 4.66. The van der Waals surface area contributed by atoms with Gasteiger partial charge in [-0.3, -0.25) is 38.9 Å². The molecule has 2 aliphatic heterocycles. The number of nitrogens with one attached hydrogen (secondary N) is 2. The molecule has 56 heavy (non-hydrogen) atoms. The van der Waals surface area contributed by atoms with Crippen LogP contribution in [0.4, 0.5) is 5.69 Å². The first-order chi connectivity index (χ1) is 27.1. The van der Waals surface area contributed by atoms with E-state index < -0.39 is 29.7 Å². The van der Waals surface area contributed by atoms with Gasteiger partial charge in [0.15, 0.2) is 23.0 Å². The smallest absolute Gasteiger partial charge is 0.264 e. The Balaban J connectivity index is 0.966. The van der Waals surface area contributed by atoms with Crippen LogP contribution in [0.25, 0.3) is 12.2 Å². The monoisotopic (exact) mass is 766 g/mol. The van der Waals surface area contributed by atoms with Crippen LogP contribution in [0.3, 0.4) is 0 Å². The highest BCUT2D eigenvalue weighted by molar-refractivity contribution is 6.26. The van der Waals surface area contributed by atoms with E-state index in [2.05, 4.69) is 20.9 Å². The Labute approximate surface area is 322 Å². The van der Waals surface area contributed by atoms with E-state index in [1.807, 2.05) is 42.5 Å². The predicted molar refractivity (Wildman–Crippen MR) is 203 cm³/mol. The van der Waals surface area contributed by atoms with Crippen LogP contribution < -0.4 is 34.3 Å². The van der Waals surface area contributed by atoms with E-state index in [0.717, 1.165) is 28.9 Å². The molecule has 3 aromatic carbocycles. The van der Waals surface area contributed by atoms with E-state index in [4.69, 9.17) is 23.7 Å². The second-order valence-corrected chi connectivity index (χ2v) is 13.0. The van der Waals surface area contributed by atoms with Gasteiger partial charge in [0, 0.05) is 19.4 Å². The second-order valence-electron chi connectivity index (χ2n) is 13.0. The summed E-state index contributed by atoms with van der Waals surface area (Å²) in [6, 6.07) is 12.8. The van der Waals surface area contributed by atoms with Crippen molar-refractivity contribution in [3.63, 3.8) is 0 Å². The van der Waals surface area contributed by atoms with Crippen molar-refractivity contribution < 1.29 is 47.7 Å². The third kappa shape index (κ3) is 8.64. The van der Waals surface area contributed by atoms with E-state index in [1.54, 1.807) is 51.5 Å². The molecular weight excluding hydrogens is 724 g/mol. The topological polar surface area (TPSA) is 190 Å². The molecular formula is C40H42N6O10. The fourth-order valence-electron chi connectivity index (χ4n) is 6.53. The Morgan fingerprint density at radius 3 is 2.30 bits per heavy atom. The Morgan fingerprint density at radius 1 is 0.857 bits per heavy atom. The fourth-order valence-corrected chi connectivity index (χ4v) is 6.53. The van der Waals surface area contributed by atoms with Gasteiger partial charge >= 0.3 is 0 Å². The number of benzene rings is 3. The van der Waals surface area contributed by atoms with Crippen LogP contribution >= 0.6 is 0 Å². The Bertz CT molecular complexity index is 2150. The Hall–Kier alpha value is -6.71. The van der Waals surface area contributed by atoms with Crippen LogP contribution in [0, 0.1) is 0 Å². The number of ether oxygens (including phenoxy) is 5. The van der Waals surface area contributed by atoms with Crippen molar-refractivity contribution in [2.24, 2.45) is 0 Å². The van der Waals surface area contributed by atoms with Gasteiger partial charge in [0.2, 0.25) is 23.5 Å². The van der Waals surface area contributed by atoms with Crippen molar-refractivity contribution in [3.8, 4) is 28.7 Å². The van der Waals surface area contributed by atoms with Gasteiger partial charge in [-0.25, -0.2) is 0 Å². The molecule has 6 rings (SSSR count). The highest BCUT2D eigenvalue weighted by atomic mass is 16.5. The number of hydrogen-bond acceptors (Lipinski definition) is 12. The average molecular weight is 767 g/mol. The molecule has 0 radical (unpaired) electrons. The lowest BCUT2D eigenvalue weighted by Gasteiger charge is -2.27. The van der Waals surface area contributed by atoms with Crippen molar-refractivity contribution >= 4 is 47.4 Å². The number of aromatic nitrogens is 3. The molecule has 1 fully saturated rings. The summed E-state index contributed by atoms with van der Waals surface area (Å²) in [4.78, 5) is 64.1. The number of imide groups is 2. The molecule has 1 unspecified atom stereocenters. The minimum Gasteiger partial charge on any atom is -0.493 e. The lowest BCUT2D eigenvalue weighted by Crippen LogP contribution is -2.54. The third-order valence-corrected chi connectivity index (χ3v) is 9.34. The summed E-state index contributed by atoms with van der Waals surface area (Å²) in [5.74, 6) is -0.0468. The number of carbonyl (C=O) groups is 5. The van der Waals surface area contributed by atoms with Crippen molar-refractivity contribution in [3.05, 3.63) is 82.7 Å². The lowest BCUT2D eigenvalue weighted by atomic mass is 10.0. The van der Waals surface area contributed by atoms with Crippen molar-refractivity contribution in [2.45, 2.75) is 57.7 Å². The van der Waals surface area contributed by atoms with E-state index in [9.17, 15) is 24.0 Å². The maximum atomic E-state index is 13.3. The number of nitrogens with zero attached hydrogens (tertiary/aromatic N) is 4. The third-order valence-electron chi connectivity index (χ3n) is 9.34.